The summed E-state index contributed by atoms with van der Waals surface area (Å²) in [5.41, 5.74) is 2.31. The molecule has 6 heteroatoms. The van der Waals surface area contributed by atoms with Gasteiger partial charge >= 0.3 is 0 Å². The molecule has 3 rings (SSSR count). The van der Waals surface area contributed by atoms with Crippen molar-refractivity contribution in [3.63, 3.8) is 0 Å². The van der Waals surface area contributed by atoms with Crippen molar-refractivity contribution in [1.82, 2.24) is 20.0 Å². The zero-order valence-electron chi connectivity index (χ0n) is 15.5. The van der Waals surface area contributed by atoms with E-state index in [-0.39, 0.29) is 5.91 Å². The number of thioether (sulfide) groups is 1. The van der Waals surface area contributed by atoms with Crippen molar-refractivity contribution in [3.05, 3.63) is 17.5 Å². The van der Waals surface area contributed by atoms with Crippen LogP contribution in [0.5, 0.6) is 0 Å². The molecule has 1 aromatic rings. The van der Waals surface area contributed by atoms with Crippen LogP contribution in [0.25, 0.3) is 0 Å². The molecule has 1 aliphatic carbocycles. The fourth-order valence-electron chi connectivity index (χ4n) is 3.94. The molecule has 1 fully saturated rings. The van der Waals surface area contributed by atoms with E-state index < -0.39 is 0 Å². The smallest absolute Gasteiger partial charge is 0.230 e. The lowest BCUT2D eigenvalue weighted by atomic mass is 9.94. The molecule has 5 nitrogen and oxygen atoms in total. The second kappa shape index (κ2) is 9.62. The predicted octanol–water partition coefficient (Wildman–Crippen LogP) is 3.18. The first-order valence-electron chi connectivity index (χ1n) is 9.90. The van der Waals surface area contributed by atoms with Gasteiger partial charge in [-0.3, -0.25) is 14.4 Å². The van der Waals surface area contributed by atoms with E-state index in [4.69, 9.17) is 5.10 Å². The third-order valence-electron chi connectivity index (χ3n) is 5.23. The lowest BCUT2D eigenvalue weighted by Gasteiger charge is -2.33. The number of carbonyl (C=O) groups is 1. The van der Waals surface area contributed by atoms with Crippen LogP contribution in [-0.2, 0) is 24.4 Å². The average Bonchev–Trinajstić information content (AvgIpc) is 2.91. The van der Waals surface area contributed by atoms with Crippen LogP contribution in [0, 0.1) is 0 Å². The molecule has 2 aliphatic rings. The molecule has 25 heavy (non-hydrogen) atoms. The first kappa shape index (κ1) is 18.8. The molecule has 0 spiro atoms. The number of aromatic nitrogens is 2. The molecule has 1 aliphatic heterocycles. The number of aryl methyl sites for hydroxylation is 1. The summed E-state index contributed by atoms with van der Waals surface area (Å²) in [6, 6.07) is 2.95. The van der Waals surface area contributed by atoms with E-state index in [2.05, 4.69) is 27.9 Å². The first-order valence-corrected chi connectivity index (χ1v) is 11.1. The first-order chi connectivity index (χ1) is 12.3. The molecule has 0 aromatic carbocycles. The fraction of sp³-hybridized carbons (Fsp3) is 0.789. The van der Waals surface area contributed by atoms with E-state index in [1.165, 1.54) is 50.8 Å². The van der Waals surface area contributed by atoms with E-state index in [1.54, 1.807) is 11.8 Å². The quantitative estimate of drug-likeness (QED) is 0.755. The summed E-state index contributed by atoms with van der Waals surface area (Å²) in [6.07, 6.45) is 9.16. The molecular weight excluding hydrogens is 332 g/mol. The van der Waals surface area contributed by atoms with Crippen LogP contribution in [0.4, 0.5) is 0 Å². The van der Waals surface area contributed by atoms with Crippen molar-refractivity contribution in [1.29, 1.82) is 0 Å². The fourth-order valence-corrected chi connectivity index (χ4v) is 4.66. The Morgan fingerprint density at radius 2 is 2.12 bits per heavy atom. The van der Waals surface area contributed by atoms with E-state index in [9.17, 15) is 4.79 Å². The van der Waals surface area contributed by atoms with Gasteiger partial charge in [-0.15, -0.1) is 0 Å². The van der Waals surface area contributed by atoms with Gasteiger partial charge < -0.3 is 5.32 Å². The molecular formula is C19H32N4OS. The summed E-state index contributed by atoms with van der Waals surface area (Å²) in [5.74, 6) is 1.71. The topological polar surface area (TPSA) is 50.2 Å². The minimum absolute atomic E-state index is 0.116. The lowest BCUT2D eigenvalue weighted by Crippen LogP contribution is -2.36. The van der Waals surface area contributed by atoms with Crippen LogP contribution in [0.15, 0.2) is 6.07 Å². The summed E-state index contributed by atoms with van der Waals surface area (Å²) < 4.78 is 2.16. The molecule has 0 saturated heterocycles. The molecule has 2 heterocycles. The van der Waals surface area contributed by atoms with E-state index in [0.29, 0.717) is 12.3 Å². The summed E-state index contributed by atoms with van der Waals surface area (Å²) in [6.45, 7) is 5.89. The van der Waals surface area contributed by atoms with Crippen LogP contribution >= 0.6 is 11.8 Å². The normalized spacial score (nSPS) is 19.4. The van der Waals surface area contributed by atoms with E-state index >= 15 is 0 Å². The third kappa shape index (κ3) is 5.48. The number of fused-ring (bicyclic) bond motifs is 1. The average molecular weight is 365 g/mol. The van der Waals surface area contributed by atoms with Crippen LogP contribution in [0.2, 0.25) is 0 Å². The minimum Gasteiger partial charge on any atom is -0.350 e. The maximum absolute atomic E-state index is 11.9. The van der Waals surface area contributed by atoms with Gasteiger partial charge in [-0.05, 0) is 37.5 Å². The SMILES string of the molecule is CCCSCC(=O)NCc1cc2n(n1)CCCN(C1CCCCC1)C2. The summed E-state index contributed by atoms with van der Waals surface area (Å²) in [5, 5.41) is 7.74. The zero-order valence-corrected chi connectivity index (χ0v) is 16.3. The number of carbonyl (C=O) groups excluding carboxylic acids is 1. The molecule has 1 N–H and O–H groups in total. The molecule has 140 valence electrons. The number of hydrogen-bond acceptors (Lipinski definition) is 4. The maximum atomic E-state index is 11.9. The molecule has 0 radical (unpaired) electrons. The Balaban J connectivity index is 1.53. The van der Waals surface area contributed by atoms with Gasteiger partial charge in [-0.25, -0.2) is 0 Å². The van der Waals surface area contributed by atoms with Crippen LogP contribution in [0.1, 0.15) is 63.3 Å². The monoisotopic (exact) mass is 364 g/mol. The Morgan fingerprint density at radius 3 is 2.92 bits per heavy atom. The van der Waals surface area contributed by atoms with Gasteiger partial charge in [0.2, 0.25) is 5.91 Å². The highest BCUT2D eigenvalue weighted by molar-refractivity contribution is 7.99. The summed E-state index contributed by atoms with van der Waals surface area (Å²) in [4.78, 5) is 14.5. The highest BCUT2D eigenvalue weighted by atomic mass is 32.2. The van der Waals surface area contributed by atoms with Crippen molar-refractivity contribution in [2.75, 3.05) is 18.1 Å². The number of nitrogens with one attached hydrogen (secondary N) is 1. The second-order valence-corrected chi connectivity index (χ2v) is 8.40. The highest BCUT2D eigenvalue weighted by Crippen LogP contribution is 2.25. The maximum Gasteiger partial charge on any atom is 0.230 e. The van der Waals surface area contributed by atoms with Gasteiger partial charge in [-0.2, -0.15) is 16.9 Å². The molecule has 1 aromatic heterocycles. The summed E-state index contributed by atoms with van der Waals surface area (Å²) >= 11 is 1.70. The van der Waals surface area contributed by atoms with Gasteiger partial charge in [-0.1, -0.05) is 26.2 Å². The van der Waals surface area contributed by atoms with Gasteiger partial charge in [0.05, 0.1) is 23.7 Å². The van der Waals surface area contributed by atoms with Crippen molar-refractivity contribution >= 4 is 17.7 Å². The van der Waals surface area contributed by atoms with Crippen LogP contribution < -0.4 is 5.32 Å². The molecule has 0 unspecified atom stereocenters. The standard InChI is InChI=1S/C19H32N4OS/c1-2-11-25-15-19(24)20-13-16-12-18-14-22(9-6-10-23(18)21-16)17-7-4-3-5-8-17/h12,17H,2-11,13-15H2,1H3,(H,20,24). The van der Waals surface area contributed by atoms with Crippen molar-refractivity contribution in [3.8, 4) is 0 Å². The Bertz CT molecular complexity index is 554. The molecule has 0 atom stereocenters. The minimum atomic E-state index is 0.116. The molecule has 1 saturated carbocycles. The number of nitrogens with zero attached hydrogens (tertiary/aromatic N) is 3. The number of hydrogen-bond donors (Lipinski definition) is 1. The Labute approximate surface area is 155 Å². The molecule has 0 bridgehead atoms. The van der Waals surface area contributed by atoms with Gasteiger partial charge in [0.15, 0.2) is 0 Å². The lowest BCUT2D eigenvalue weighted by molar-refractivity contribution is -0.118. The number of amides is 1. The Morgan fingerprint density at radius 1 is 1.28 bits per heavy atom. The predicted molar refractivity (Wildman–Crippen MR) is 104 cm³/mol. The van der Waals surface area contributed by atoms with Crippen LogP contribution in [0.3, 0.4) is 0 Å². The Hall–Kier alpha value is -1.01. The zero-order chi connectivity index (χ0) is 17.5. The summed E-state index contributed by atoms with van der Waals surface area (Å²) in [7, 11) is 0. The van der Waals surface area contributed by atoms with Gasteiger partial charge in [0.25, 0.3) is 0 Å². The van der Waals surface area contributed by atoms with Gasteiger partial charge in [0, 0.05) is 25.7 Å². The van der Waals surface area contributed by atoms with Crippen molar-refractivity contribution < 1.29 is 4.79 Å². The third-order valence-corrected chi connectivity index (χ3v) is 6.40. The highest BCUT2D eigenvalue weighted by Gasteiger charge is 2.24. The number of rotatable bonds is 7. The second-order valence-electron chi connectivity index (χ2n) is 7.30. The van der Waals surface area contributed by atoms with Gasteiger partial charge in [0.1, 0.15) is 0 Å². The largest absolute Gasteiger partial charge is 0.350 e. The van der Waals surface area contributed by atoms with E-state index in [1.807, 2.05) is 0 Å². The van der Waals surface area contributed by atoms with Crippen LogP contribution in [-0.4, -0.2) is 44.7 Å². The van der Waals surface area contributed by atoms with Crippen molar-refractivity contribution in [2.24, 2.45) is 0 Å². The molecule has 1 amide bonds. The van der Waals surface area contributed by atoms with E-state index in [0.717, 1.165) is 37.0 Å². The van der Waals surface area contributed by atoms with Crippen molar-refractivity contribution in [2.45, 2.75) is 77.5 Å². The Kier molecular flexibility index (Phi) is 7.23.